The molecule has 1 saturated heterocycles. The lowest BCUT2D eigenvalue weighted by Crippen LogP contribution is -2.40. The minimum Gasteiger partial charge on any atom is -0.329 e. The van der Waals surface area contributed by atoms with Crippen LogP contribution in [0, 0.1) is 6.92 Å². The Balaban J connectivity index is 1.77. The van der Waals surface area contributed by atoms with Crippen LogP contribution >= 0.6 is 57.5 Å². The maximum atomic E-state index is 13.6. The molecule has 1 amide bonds. The topological polar surface area (TPSA) is 54.5 Å². The van der Waals surface area contributed by atoms with Crippen LogP contribution in [0.1, 0.15) is 26.5 Å². The van der Waals surface area contributed by atoms with Crippen molar-refractivity contribution >= 4 is 83.3 Å². The second-order valence-electron chi connectivity index (χ2n) is 7.02. The van der Waals surface area contributed by atoms with E-state index in [1.165, 1.54) is 11.3 Å². The van der Waals surface area contributed by atoms with Gasteiger partial charge in [0.05, 0.1) is 28.1 Å². The van der Waals surface area contributed by atoms with Crippen LogP contribution < -0.4 is 0 Å². The normalized spacial score (nSPS) is 18.4. The molecule has 1 aliphatic rings. The van der Waals surface area contributed by atoms with Gasteiger partial charge in [0.1, 0.15) is 4.88 Å². The van der Waals surface area contributed by atoms with E-state index in [0.717, 1.165) is 15.1 Å². The highest BCUT2D eigenvalue weighted by Gasteiger charge is 2.36. The summed E-state index contributed by atoms with van der Waals surface area (Å²) in [5.74, 6) is -0.219. The van der Waals surface area contributed by atoms with Crippen LogP contribution in [0.4, 0.5) is 0 Å². The molecular weight excluding hydrogens is 493 g/mol. The van der Waals surface area contributed by atoms with Crippen molar-refractivity contribution in [3.63, 3.8) is 0 Å². The molecule has 1 aromatic carbocycles. The average molecular weight is 509 g/mol. The second-order valence-corrected chi connectivity index (χ2v) is 12.5. The van der Waals surface area contributed by atoms with Gasteiger partial charge in [-0.3, -0.25) is 4.79 Å². The van der Waals surface area contributed by atoms with Gasteiger partial charge in [-0.05, 0) is 42.5 Å². The molecule has 1 atom stereocenters. The number of hydrogen-bond donors (Lipinski definition) is 0. The maximum Gasteiger partial charge on any atom is 0.266 e. The monoisotopic (exact) mass is 507 g/mol. The summed E-state index contributed by atoms with van der Waals surface area (Å²) in [6, 6.07) is 4.93. The lowest BCUT2D eigenvalue weighted by Gasteiger charge is -2.28. The van der Waals surface area contributed by atoms with E-state index in [-0.39, 0.29) is 28.5 Å². The summed E-state index contributed by atoms with van der Waals surface area (Å²) < 4.78 is 24.9. The molecule has 1 fully saturated rings. The fraction of sp³-hybridized carbons (Fsp3) is 0.316. The molecule has 4 rings (SSSR count). The van der Waals surface area contributed by atoms with Crippen molar-refractivity contribution in [2.75, 3.05) is 11.5 Å². The number of amides is 1. The van der Waals surface area contributed by atoms with Gasteiger partial charge in [0.25, 0.3) is 5.91 Å². The van der Waals surface area contributed by atoms with E-state index in [2.05, 4.69) is 0 Å². The Bertz CT molecular complexity index is 1220. The Morgan fingerprint density at radius 1 is 1.28 bits per heavy atom. The van der Waals surface area contributed by atoms with Gasteiger partial charge in [-0.25, -0.2) is 8.42 Å². The standard InChI is InChI=1S/C19H16Cl3NO3S3/c1-10-2-4-27-15(10)8-23(12-3-5-29(25,26)9-12)19(24)18-17(22)16-13(21)6-11(20)7-14(16)28-18/h2,4,6-7,12H,3,5,8-9H2,1H3. The number of sulfone groups is 1. The van der Waals surface area contributed by atoms with Gasteiger partial charge < -0.3 is 4.90 Å². The van der Waals surface area contributed by atoms with Gasteiger partial charge in [-0.2, -0.15) is 0 Å². The van der Waals surface area contributed by atoms with Gasteiger partial charge in [0.2, 0.25) is 0 Å². The molecule has 10 heteroatoms. The largest absolute Gasteiger partial charge is 0.329 e. The molecule has 0 spiro atoms. The summed E-state index contributed by atoms with van der Waals surface area (Å²) in [6.45, 7) is 2.33. The molecule has 4 nitrogen and oxygen atoms in total. The van der Waals surface area contributed by atoms with Gasteiger partial charge in [-0.15, -0.1) is 22.7 Å². The highest BCUT2D eigenvalue weighted by atomic mass is 35.5. The Morgan fingerprint density at radius 3 is 2.66 bits per heavy atom. The number of halogens is 3. The van der Waals surface area contributed by atoms with Crippen LogP contribution in [-0.4, -0.2) is 36.8 Å². The molecule has 2 aromatic heterocycles. The van der Waals surface area contributed by atoms with Crippen molar-refractivity contribution in [2.45, 2.75) is 25.9 Å². The van der Waals surface area contributed by atoms with E-state index >= 15 is 0 Å². The third-order valence-electron chi connectivity index (χ3n) is 5.04. The minimum absolute atomic E-state index is 0.0295. The average Bonchev–Trinajstić information content (AvgIpc) is 3.29. The summed E-state index contributed by atoms with van der Waals surface area (Å²) in [5, 5.41) is 3.69. The number of hydrogen-bond acceptors (Lipinski definition) is 5. The summed E-state index contributed by atoms with van der Waals surface area (Å²) in [4.78, 5) is 16.6. The lowest BCUT2D eigenvalue weighted by atomic mass is 10.1. The predicted molar refractivity (Wildman–Crippen MR) is 123 cm³/mol. The first-order valence-corrected chi connectivity index (χ1v) is 13.4. The molecule has 0 radical (unpaired) electrons. The summed E-state index contributed by atoms with van der Waals surface area (Å²) >= 11 is 21.7. The molecule has 3 heterocycles. The molecule has 0 N–H and O–H groups in total. The van der Waals surface area contributed by atoms with E-state index in [1.807, 2.05) is 18.4 Å². The highest BCUT2D eigenvalue weighted by Crippen LogP contribution is 2.42. The first-order valence-electron chi connectivity index (χ1n) is 8.77. The smallest absolute Gasteiger partial charge is 0.266 e. The SMILES string of the molecule is Cc1ccsc1CN(C(=O)c1sc2cc(Cl)cc(Cl)c2c1Cl)C1CCS(=O)(=O)C1. The number of carbonyl (C=O) groups is 1. The van der Waals surface area contributed by atoms with Crippen molar-refractivity contribution in [2.24, 2.45) is 0 Å². The Hall–Kier alpha value is -0.830. The first kappa shape index (κ1) is 21.4. The Labute approximate surface area is 191 Å². The molecule has 3 aromatic rings. The van der Waals surface area contributed by atoms with Gasteiger partial charge in [-0.1, -0.05) is 34.8 Å². The van der Waals surface area contributed by atoms with Crippen LogP contribution in [0.5, 0.6) is 0 Å². The van der Waals surface area contributed by atoms with Crippen molar-refractivity contribution in [3.8, 4) is 0 Å². The van der Waals surface area contributed by atoms with Gasteiger partial charge in [0, 0.05) is 26.0 Å². The first-order chi connectivity index (χ1) is 13.7. The molecule has 154 valence electrons. The van der Waals surface area contributed by atoms with Crippen molar-refractivity contribution < 1.29 is 13.2 Å². The Morgan fingerprint density at radius 2 is 2.03 bits per heavy atom. The molecule has 0 bridgehead atoms. The fourth-order valence-electron chi connectivity index (χ4n) is 3.49. The number of carbonyl (C=O) groups excluding carboxylic acids is 1. The van der Waals surface area contributed by atoms with E-state index in [0.29, 0.717) is 33.3 Å². The number of thiophene rings is 2. The third kappa shape index (κ3) is 4.18. The molecule has 29 heavy (non-hydrogen) atoms. The zero-order valence-electron chi connectivity index (χ0n) is 15.2. The van der Waals surface area contributed by atoms with Gasteiger partial charge in [0.15, 0.2) is 9.84 Å². The van der Waals surface area contributed by atoms with E-state index in [4.69, 9.17) is 34.8 Å². The zero-order valence-corrected chi connectivity index (χ0v) is 20.0. The van der Waals surface area contributed by atoms with Crippen LogP contribution in [0.15, 0.2) is 23.6 Å². The molecular formula is C19H16Cl3NO3S3. The number of rotatable bonds is 4. The van der Waals surface area contributed by atoms with Crippen molar-refractivity contribution in [1.82, 2.24) is 4.90 Å². The quantitative estimate of drug-likeness (QED) is 0.430. The summed E-state index contributed by atoms with van der Waals surface area (Å²) in [5.41, 5.74) is 1.07. The zero-order chi connectivity index (χ0) is 20.9. The van der Waals surface area contributed by atoms with Crippen LogP contribution in [0.3, 0.4) is 0 Å². The third-order valence-corrected chi connectivity index (χ3v) is 9.93. The number of fused-ring (bicyclic) bond motifs is 1. The van der Waals surface area contributed by atoms with Gasteiger partial charge >= 0.3 is 0 Å². The van der Waals surface area contributed by atoms with Crippen LogP contribution in [0.25, 0.3) is 10.1 Å². The van der Waals surface area contributed by atoms with E-state index in [9.17, 15) is 13.2 Å². The molecule has 1 unspecified atom stereocenters. The fourth-order valence-corrected chi connectivity index (χ4v) is 8.45. The second kappa shape index (κ2) is 8.02. The number of nitrogens with zero attached hydrogens (tertiary/aromatic N) is 1. The number of benzene rings is 1. The maximum absolute atomic E-state index is 13.6. The van der Waals surface area contributed by atoms with E-state index in [1.54, 1.807) is 28.4 Å². The summed E-state index contributed by atoms with van der Waals surface area (Å²) in [7, 11) is -3.15. The lowest BCUT2D eigenvalue weighted by molar-refractivity contribution is 0.0688. The molecule has 0 aliphatic carbocycles. The van der Waals surface area contributed by atoms with Crippen molar-refractivity contribution in [3.05, 3.63) is 54.0 Å². The van der Waals surface area contributed by atoms with E-state index < -0.39 is 9.84 Å². The van der Waals surface area contributed by atoms with Crippen LogP contribution in [0.2, 0.25) is 15.1 Å². The van der Waals surface area contributed by atoms with Crippen molar-refractivity contribution in [1.29, 1.82) is 0 Å². The number of aryl methyl sites for hydroxylation is 1. The summed E-state index contributed by atoms with van der Waals surface area (Å²) in [6.07, 6.45) is 0.424. The van der Waals surface area contributed by atoms with Crippen LogP contribution in [-0.2, 0) is 16.4 Å². The molecule has 1 aliphatic heterocycles. The highest BCUT2D eigenvalue weighted by molar-refractivity contribution is 7.91. The Kier molecular flexibility index (Phi) is 5.92. The minimum atomic E-state index is -3.15. The molecule has 0 saturated carbocycles. The predicted octanol–water partition coefficient (Wildman–Crippen LogP) is 6.06.